The number of hydrogen-bond acceptors (Lipinski definition) is 3. The minimum Gasteiger partial charge on any atom is -0.351 e. The van der Waals surface area contributed by atoms with Crippen LogP contribution in [-0.2, 0) is 11.3 Å². The zero-order valence-electron chi connectivity index (χ0n) is 12.7. The predicted octanol–water partition coefficient (Wildman–Crippen LogP) is 2.09. The normalized spacial score (nSPS) is 11.6. The van der Waals surface area contributed by atoms with Crippen molar-refractivity contribution in [3.05, 3.63) is 40.7 Å². The Balaban J connectivity index is 2.13. The van der Waals surface area contributed by atoms with Crippen LogP contribution < -0.4 is 10.7 Å². The summed E-state index contributed by atoms with van der Waals surface area (Å²) in [4.78, 5) is 23.7. The van der Waals surface area contributed by atoms with E-state index >= 15 is 0 Å². The number of benzene rings is 1. The highest BCUT2D eigenvalue weighted by Gasteiger charge is 2.17. The number of nitrogens with one attached hydrogen (secondary N) is 1. The number of aryl methyl sites for hydroxylation is 1. The van der Waals surface area contributed by atoms with Crippen LogP contribution in [0.25, 0.3) is 10.9 Å². The molecule has 1 amide bonds. The summed E-state index contributed by atoms with van der Waals surface area (Å²) < 4.78 is 1.70. The summed E-state index contributed by atoms with van der Waals surface area (Å²) in [5, 5.41) is 7.74. The largest absolute Gasteiger partial charge is 0.351 e. The predicted molar refractivity (Wildman–Crippen MR) is 83.1 cm³/mol. The molecule has 2 rings (SSSR count). The van der Waals surface area contributed by atoms with Gasteiger partial charge in [0.05, 0.1) is 18.3 Å². The maximum Gasteiger partial charge on any atom is 0.222 e. The van der Waals surface area contributed by atoms with Crippen molar-refractivity contribution in [3.63, 3.8) is 0 Å². The minimum absolute atomic E-state index is 0.00793. The second-order valence-corrected chi connectivity index (χ2v) is 5.78. The zero-order chi connectivity index (χ0) is 15.5. The molecule has 0 aliphatic carbocycles. The Hall–Kier alpha value is -2.17. The van der Waals surface area contributed by atoms with Gasteiger partial charge in [-0.25, -0.2) is 0 Å². The maximum absolute atomic E-state index is 12.0. The van der Waals surface area contributed by atoms with E-state index in [0.29, 0.717) is 18.4 Å². The van der Waals surface area contributed by atoms with E-state index in [0.717, 1.165) is 11.9 Å². The number of nitrogens with zero attached hydrogens (tertiary/aromatic N) is 2. The Kier molecular flexibility index (Phi) is 4.40. The summed E-state index contributed by atoms with van der Waals surface area (Å²) >= 11 is 0. The molecule has 1 aromatic heterocycles. The number of hydrogen-bond donors (Lipinski definition) is 1. The average molecular weight is 287 g/mol. The van der Waals surface area contributed by atoms with Gasteiger partial charge in [0.1, 0.15) is 0 Å². The van der Waals surface area contributed by atoms with Gasteiger partial charge in [-0.1, -0.05) is 19.1 Å². The maximum atomic E-state index is 12.0. The number of rotatable bonds is 5. The summed E-state index contributed by atoms with van der Waals surface area (Å²) in [6.45, 7) is 6.49. The summed E-state index contributed by atoms with van der Waals surface area (Å²) in [7, 11) is 0. The molecular weight excluding hydrogens is 266 g/mol. The van der Waals surface area contributed by atoms with Crippen LogP contribution in [-0.4, -0.2) is 21.2 Å². The Morgan fingerprint density at radius 3 is 2.76 bits per heavy atom. The number of amides is 1. The van der Waals surface area contributed by atoms with E-state index in [4.69, 9.17) is 0 Å². The van der Waals surface area contributed by atoms with Gasteiger partial charge in [0, 0.05) is 17.3 Å². The van der Waals surface area contributed by atoms with Gasteiger partial charge in [0.15, 0.2) is 0 Å². The molecular formula is C16H21N3O2. The molecule has 21 heavy (non-hydrogen) atoms. The van der Waals surface area contributed by atoms with Gasteiger partial charge >= 0.3 is 0 Å². The molecule has 1 N–H and O–H groups in total. The Bertz CT molecular complexity index is 704. The van der Waals surface area contributed by atoms with Crippen LogP contribution in [0.3, 0.4) is 0 Å². The summed E-state index contributed by atoms with van der Waals surface area (Å²) in [5.74, 6) is -0.00793. The van der Waals surface area contributed by atoms with Crippen LogP contribution >= 0.6 is 0 Å². The van der Waals surface area contributed by atoms with Gasteiger partial charge in [0.25, 0.3) is 0 Å². The van der Waals surface area contributed by atoms with Crippen molar-refractivity contribution in [2.75, 3.05) is 0 Å². The molecule has 0 atom stereocenters. The molecule has 0 spiro atoms. The van der Waals surface area contributed by atoms with Crippen molar-refractivity contribution < 1.29 is 4.79 Å². The van der Waals surface area contributed by atoms with Crippen molar-refractivity contribution in [3.8, 4) is 0 Å². The third-order valence-electron chi connectivity index (χ3n) is 3.67. The average Bonchev–Trinajstić information content (AvgIpc) is 2.46. The van der Waals surface area contributed by atoms with Crippen LogP contribution in [0, 0.1) is 0 Å². The fraction of sp³-hybridized carbons (Fsp3) is 0.438. The van der Waals surface area contributed by atoms with Crippen molar-refractivity contribution in [1.82, 2.24) is 15.1 Å². The molecule has 0 unspecified atom stereocenters. The molecule has 0 aliphatic heterocycles. The van der Waals surface area contributed by atoms with E-state index in [-0.39, 0.29) is 16.9 Å². The zero-order valence-corrected chi connectivity index (χ0v) is 12.7. The number of carbonyl (C=O) groups is 1. The SMILES string of the molecule is CCC(C)(C)NC(=O)CCn1ncc(=O)c2ccccc21. The van der Waals surface area contributed by atoms with Crippen molar-refractivity contribution in [2.24, 2.45) is 0 Å². The van der Waals surface area contributed by atoms with E-state index < -0.39 is 0 Å². The molecule has 0 fully saturated rings. The summed E-state index contributed by atoms with van der Waals surface area (Å²) in [6, 6.07) is 7.30. The molecule has 2 aromatic rings. The van der Waals surface area contributed by atoms with E-state index in [9.17, 15) is 9.59 Å². The first-order valence-electron chi connectivity index (χ1n) is 7.19. The Morgan fingerprint density at radius 1 is 1.33 bits per heavy atom. The summed E-state index contributed by atoms with van der Waals surface area (Å²) in [6.07, 6.45) is 2.51. The first-order chi connectivity index (χ1) is 9.93. The summed E-state index contributed by atoms with van der Waals surface area (Å²) in [5.41, 5.74) is 0.460. The van der Waals surface area contributed by atoms with Crippen LogP contribution in [0.4, 0.5) is 0 Å². The third-order valence-corrected chi connectivity index (χ3v) is 3.67. The molecule has 0 saturated carbocycles. The van der Waals surface area contributed by atoms with Gasteiger partial charge in [-0.05, 0) is 32.4 Å². The van der Waals surface area contributed by atoms with Gasteiger partial charge in [-0.2, -0.15) is 5.10 Å². The third kappa shape index (κ3) is 3.68. The second kappa shape index (κ2) is 6.08. The van der Waals surface area contributed by atoms with Gasteiger partial charge < -0.3 is 5.32 Å². The van der Waals surface area contributed by atoms with E-state index in [1.807, 2.05) is 39.0 Å². The molecule has 1 aromatic carbocycles. The van der Waals surface area contributed by atoms with Gasteiger partial charge in [-0.3, -0.25) is 14.3 Å². The van der Waals surface area contributed by atoms with Gasteiger partial charge in [0.2, 0.25) is 11.3 Å². The fourth-order valence-corrected chi connectivity index (χ4v) is 2.07. The monoisotopic (exact) mass is 287 g/mol. The van der Waals surface area contributed by atoms with E-state index in [1.165, 1.54) is 6.20 Å². The number of carbonyl (C=O) groups excluding carboxylic acids is 1. The molecule has 1 heterocycles. The van der Waals surface area contributed by atoms with Crippen molar-refractivity contribution >= 4 is 16.8 Å². The first-order valence-corrected chi connectivity index (χ1v) is 7.19. The number of para-hydroxylation sites is 1. The second-order valence-electron chi connectivity index (χ2n) is 5.78. The molecule has 112 valence electrons. The van der Waals surface area contributed by atoms with Crippen LogP contribution in [0.5, 0.6) is 0 Å². The molecule has 5 heteroatoms. The first kappa shape index (κ1) is 15.2. The topological polar surface area (TPSA) is 64.0 Å². The quantitative estimate of drug-likeness (QED) is 0.916. The molecule has 0 aliphatic rings. The number of fused-ring (bicyclic) bond motifs is 1. The molecule has 0 bridgehead atoms. The highest BCUT2D eigenvalue weighted by molar-refractivity contribution is 5.79. The lowest BCUT2D eigenvalue weighted by molar-refractivity contribution is -0.122. The highest BCUT2D eigenvalue weighted by Crippen LogP contribution is 2.10. The van der Waals surface area contributed by atoms with E-state index in [2.05, 4.69) is 10.4 Å². The highest BCUT2D eigenvalue weighted by atomic mass is 16.1. The fourth-order valence-electron chi connectivity index (χ4n) is 2.07. The van der Waals surface area contributed by atoms with Crippen LogP contribution in [0.15, 0.2) is 35.3 Å². The number of aromatic nitrogens is 2. The van der Waals surface area contributed by atoms with Gasteiger partial charge in [-0.15, -0.1) is 0 Å². The lowest BCUT2D eigenvalue weighted by atomic mass is 10.0. The molecule has 0 radical (unpaired) electrons. The molecule has 5 nitrogen and oxygen atoms in total. The minimum atomic E-state index is -0.198. The van der Waals surface area contributed by atoms with Crippen molar-refractivity contribution in [1.29, 1.82) is 0 Å². The van der Waals surface area contributed by atoms with Crippen LogP contribution in [0.1, 0.15) is 33.6 Å². The lowest BCUT2D eigenvalue weighted by Gasteiger charge is -2.24. The smallest absolute Gasteiger partial charge is 0.222 e. The van der Waals surface area contributed by atoms with E-state index in [1.54, 1.807) is 10.7 Å². The Morgan fingerprint density at radius 2 is 2.05 bits per heavy atom. The van der Waals surface area contributed by atoms with Crippen molar-refractivity contribution in [2.45, 2.75) is 45.7 Å². The Labute approximate surface area is 124 Å². The van der Waals surface area contributed by atoms with Crippen LogP contribution in [0.2, 0.25) is 0 Å². The standard InChI is InChI=1S/C16H21N3O2/c1-4-16(2,3)18-15(21)9-10-19-13-8-6-5-7-12(13)14(20)11-17-19/h5-8,11H,4,9-10H2,1-3H3,(H,18,21). The lowest BCUT2D eigenvalue weighted by Crippen LogP contribution is -2.43. The molecule has 0 saturated heterocycles.